The maximum atomic E-state index is 12.3. The number of carbonyl (C=O) groups excluding carboxylic acids is 2. The number of likely N-dealkylation sites (tertiary alicyclic amines) is 1. The van der Waals surface area contributed by atoms with Crippen LogP contribution in [0.3, 0.4) is 0 Å². The minimum Gasteiger partial charge on any atom is -0.348 e. The number of benzene rings is 1. The predicted molar refractivity (Wildman–Crippen MR) is 83.2 cm³/mol. The molecule has 4 nitrogen and oxygen atoms in total. The number of hydrogen-bond donors (Lipinski definition) is 0. The van der Waals surface area contributed by atoms with E-state index in [2.05, 4.69) is 20.8 Å². The lowest BCUT2D eigenvalue weighted by Gasteiger charge is -2.39. The van der Waals surface area contributed by atoms with Crippen LogP contribution in [0.5, 0.6) is 0 Å². The zero-order valence-electron chi connectivity index (χ0n) is 13.5. The molecule has 0 saturated carbocycles. The Labute approximate surface area is 126 Å². The highest BCUT2D eigenvalue weighted by atomic mass is 16.2. The van der Waals surface area contributed by atoms with E-state index in [-0.39, 0.29) is 23.1 Å². The van der Waals surface area contributed by atoms with E-state index in [1.165, 1.54) is 5.56 Å². The van der Waals surface area contributed by atoms with Crippen molar-refractivity contribution in [3.8, 4) is 0 Å². The van der Waals surface area contributed by atoms with Gasteiger partial charge in [-0.15, -0.1) is 0 Å². The molecular weight excluding hydrogens is 264 g/mol. The maximum Gasteiger partial charge on any atom is 0.253 e. The van der Waals surface area contributed by atoms with Crippen LogP contribution in [-0.2, 0) is 10.2 Å². The zero-order chi connectivity index (χ0) is 15.8. The first-order valence-corrected chi connectivity index (χ1v) is 7.31. The van der Waals surface area contributed by atoms with Crippen LogP contribution in [0.2, 0.25) is 0 Å². The molecule has 0 aliphatic carbocycles. The van der Waals surface area contributed by atoms with Crippen molar-refractivity contribution >= 4 is 11.8 Å². The van der Waals surface area contributed by atoms with Crippen LogP contribution in [0.15, 0.2) is 24.3 Å². The van der Waals surface area contributed by atoms with Gasteiger partial charge in [-0.3, -0.25) is 9.59 Å². The Bertz CT molecular complexity index is 535. The van der Waals surface area contributed by atoms with Crippen molar-refractivity contribution in [3.05, 3.63) is 35.4 Å². The lowest BCUT2D eigenvalue weighted by Crippen LogP contribution is -2.55. The van der Waals surface area contributed by atoms with E-state index in [4.69, 9.17) is 0 Å². The highest BCUT2D eigenvalue weighted by Crippen LogP contribution is 2.24. The number of hydrogen-bond acceptors (Lipinski definition) is 2. The van der Waals surface area contributed by atoms with Gasteiger partial charge < -0.3 is 9.80 Å². The van der Waals surface area contributed by atoms with Gasteiger partial charge in [-0.05, 0) is 23.1 Å². The molecule has 0 bridgehead atoms. The molecule has 0 spiro atoms. The van der Waals surface area contributed by atoms with Gasteiger partial charge in [-0.2, -0.15) is 0 Å². The van der Waals surface area contributed by atoms with Crippen molar-refractivity contribution in [1.82, 2.24) is 9.80 Å². The van der Waals surface area contributed by atoms with Crippen molar-refractivity contribution in [2.24, 2.45) is 5.92 Å². The Morgan fingerprint density at radius 1 is 1.10 bits per heavy atom. The predicted octanol–water partition coefficient (Wildman–Crippen LogP) is 2.14. The molecule has 0 atom stereocenters. The molecule has 0 unspecified atom stereocenters. The van der Waals surface area contributed by atoms with Gasteiger partial charge in [0.05, 0.1) is 5.92 Å². The molecule has 1 aliphatic rings. The second-order valence-corrected chi connectivity index (χ2v) is 6.97. The number of amides is 2. The smallest absolute Gasteiger partial charge is 0.253 e. The standard InChI is InChI=1S/C17H24N2O2/c1-17(2,3)14-8-6-12(7-9-14)16(21)19-10-13(11-19)15(20)18(4)5/h6-9,13H,10-11H2,1-5H3. The fourth-order valence-corrected chi connectivity index (χ4v) is 2.46. The van der Waals surface area contributed by atoms with E-state index in [1.807, 2.05) is 24.3 Å². The van der Waals surface area contributed by atoms with Crippen LogP contribution in [0.4, 0.5) is 0 Å². The molecule has 0 aromatic heterocycles. The van der Waals surface area contributed by atoms with E-state index >= 15 is 0 Å². The SMILES string of the molecule is CN(C)C(=O)C1CN(C(=O)c2ccc(C(C)(C)C)cc2)C1. The summed E-state index contributed by atoms with van der Waals surface area (Å²) in [5.74, 6) is 0.0678. The Morgan fingerprint density at radius 2 is 1.62 bits per heavy atom. The first kappa shape index (κ1) is 15.5. The lowest BCUT2D eigenvalue weighted by atomic mass is 9.86. The summed E-state index contributed by atoms with van der Waals surface area (Å²) in [6, 6.07) is 7.78. The molecule has 1 aliphatic heterocycles. The van der Waals surface area contributed by atoms with Crippen LogP contribution < -0.4 is 0 Å². The van der Waals surface area contributed by atoms with E-state index in [0.717, 1.165) is 0 Å². The van der Waals surface area contributed by atoms with Crippen molar-refractivity contribution in [2.45, 2.75) is 26.2 Å². The van der Waals surface area contributed by atoms with Gasteiger partial charge in [0.1, 0.15) is 0 Å². The second kappa shape index (κ2) is 5.51. The summed E-state index contributed by atoms with van der Waals surface area (Å²) in [5, 5.41) is 0. The van der Waals surface area contributed by atoms with E-state index in [1.54, 1.807) is 23.9 Å². The lowest BCUT2D eigenvalue weighted by molar-refractivity contribution is -0.137. The van der Waals surface area contributed by atoms with Crippen molar-refractivity contribution < 1.29 is 9.59 Å². The van der Waals surface area contributed by atoms with Crippen molar-refractivity contribution in [3.63, 3.8) is 0 Å². The Morgan fingerprint density at radius 3 is 2.05 bits per heavy atom. The molecule has 2 rings (SSSR count). The highest BCUT2D eigenvalue weighted by Gasteiger charge is 2.36. The second-order valence-electron chi connectivity index (χ2n) is 6.97. The first-order chi connectivity index (χ1) is 9.70. The summed E-state index contributed by atoms with van der Waals surface area (Å²) in [5.41, 5.74) is 1.99. The number of nitrogens with zero attached hydrogens (tertiary/aromatic N) is 2. The van der Waals surface area contributed by atoms with Gasteiger partial charge in [0.25, 0.3) is 5.91 Å². The minimum atomic E-state index is -0.0437. The van der Waals surface area contributed by atoms with Crippen LogP contribution in [0, 0.1) is 5.92 Å². The van der Waals surface area contributed by atoms with Crippen LogP contribution in [-0.4, -0.2) is 48.8 Å². The van der Waals surface area contributed by atoms with E-state index < -0.39 is 0 Å². The molecule has 4 heteroatoms. The van der Waals surface area contributed by atoms with Gasteiger partial charge in [0.15, 0.2) is 0 Å². The normalized spacial score (nSPS) is 15.6. The van der Waals surface area contributed by atoms with Gasteiger partial charge in [0, 0.05) is 32.7 Å². The molecule has 1 saturated heterocycles. The fourth-order valence-electron chi connectivity index (χ4n) is 2.46. The summed E-state index contributed by atoms with van der Waals surface area (Å²) in [7, 11) is 3.50. The molecule has 21 heavy (non-hydrogen) atoms. The van der Waals surface area contributed by atoms with Crippen LogP contribution >= 0.6 is 0 Å². The zero-order valence-corrected chi connectivity index (χ0v) is 13.5. The van der Waals surface area contributed by atoms with Gasteiger partial charge in [-0.1, -0.05) is 32.9 Å². The first-order valence-electron chi connectivity index (χ1n) is 7.31. The quantitative estimate of drug-likeness (QED) is 0.836. The summed E-state index contributed by atoms with van der Waals surface area (Å²) in [4.78, 5) is 27.4. The van der Waals surface area contributed by atoms with Crippen LogP contribution in [0.1, 0.15) is 36.7 Å². The summed E-state index contributed by atoms with van der Waals surface area (Å²) in [6.07, 6.45) is 0. The maximum absolute atomic E-state index is 12.3. The van der Waals surface area contributed by atoms with E-state index in [0.29, 0.717) is 18.7 Å². The number of rotatable bonds is 2. The van der Waals surface area contributed by atoms with Crippen molar-refractivity contribution in [1.29, 1.82) is 0 Å². The van der Waals surface area contributed by atoms with Gasteiger partial charge >= 0.3 is 0 Å². The average molecular weight is 288 g/mol. The van der Waals surface area contributed by atoms with E-state index in [9.17, 15) is 9.59 Å². The number of carbonyl (C=O) groups is 2. The molecule has 1 fully saturated rings. The Kier molecular flexibility index (Phi) is 4.08. The monoisotopic (exact) mass is 288 g/mol. The molecule has 1 heterocycles. The Hall–Kier alpha value is -1.84. The largest absolute Gasteiger partial charge is 0.348 e. The van der Waals surface area contributed by atoms with Crippen LogP contribution in [0.25, 0.3) is 0 Å². The molecule has 0 radical (unpaired) electrons. The molecule has 1 aromatic rings. The molecule has 2 amide bonds. The topological polar surface area (TPSA) is 40.6 Å². The van der Waals surface area contributed by atoms with Gasteiger partial charge in [-0.25, -0.2) is 0 Å². The average Bonchev–Trinajstić information content (AvgIpc) is 2.35. The molecule has 1 aromatic carbocycles. The summed E-state index contributed by atoms with van der Waals surface area (Å²) in [6.45, 7) is 7.50. The third-order valence-electron chi connectivity index (χ3n) is 3.96. The summed E-state index contributed by atoms with van der Waals surface area (Å²) < 4.78 is 0. The molecule has 0 N–H and O–H groups in total. The third kappa shape index (κ3) is 3.26. The Balaban J connectivity index is 1.98. The fraction of sp³-hybridized carbons (Fsp3) is 0.529. The minimum absolute atomic E-state index is 0.0123. The summed E-state index contributed by atoms with van der Waals surface area (Å²) >= 11 is 0. The molecule has 114 valence electrons. The van der Waals surface area contributed by atoms with Gasteiger partial charge in [0.2, 0.25) is 5.91 Å². The third-order valence-corrected chi connectivity index (χ3v) is 3.96. The van der Waals surface area contributed by atoms with Crippen molar-refractivity contribution in [2.75, 3.05) is 27.2 Å². The highest BCUT2D eigenvalue weighted by molar-refractivity contribution is 5.96. The molecular formula is C17H24N2O2.